The first-order valence-electron chi connectivity index (χ1n) is 14.6. The molecule has 0 saturated carbocycles. The van der Waals surface area contributed by atoms with Crippen LogP contribution in [0.2, 0.25) is 10.0 Å². The first kappa shape index (κ1) is 34.0. The second-order valence-corrected chi connectivity index (χ2v) is 13.9. The monoisotopic (exact) mass is 665 g/mol. The van der Waals surface area contributed by atoms with Crippen molar-refractivity contribution < 1.29 is 18.0 Å². The van der Waals surface area contributed by atoms with Gasteiger partial charge < -0.3 is 10.2 Å². The van der Waals surface area contributed by atoms with Gasteiger partial charge in [-0.1, -0.05) is 95.5 Å². The zero-order valence-electron chi connectivity index (χ0n) is 25.7. The van der Waals surface area contributed by atoms with Crippen molar-refractivity contribution in [1.29, 1.82) is 0 Å². The highest BCUT2D eigenvalue weighted by molar-refractivity contribution is 7.92. The molecule has 2 amide bonds. The van der Waals surface area contributed by atoms with Crippen molar-refractivity contribution in [2.24, 2.45) is 0 Å². The smallest absolute Gasteiger partial charge is 0.264 e. The van der Waals surface area contributed by atoms with Crippen LogP contribution < -0.4 is 9.62 Å². The van der Waals surface area contributed by atoms with Crippen LogP contribution in [-0.2, 0) is 32.6 Å². The minimum absolute atomic E-state index is 0.0194. The average molecular weight is 667 g/mol. The van der Waals surface area contributed by atoms with Crippen molar-refractivity contribution in [3.63, 3.8) is 0 Å². The number of anilines is 1. The highest BCUT2D eigenvalue weighted by Crippen LogP contribution is 2.32. The molecular weight excluding hydrogens is 629 g/mol. The predicted octanol–water partition coefficient (Wildman–Crippen LogP) is 6.97. The predicted molar refractivity (Wildman–Crippen MR) is 181 cm³/mol. The van der Waals surface area contributed by atoms with Gasteiger partial charge in [-0.25, -0.2) is 8.42 Å². The molecule has 0 saturated heterocycles. The molecule has 1 N–H and O–H groups in total. The molecule has 0 aliphatic rings. The molecule has 0 unspecified atom stereocenters. The lowest BCUT2D eigenvalue weighted by Crippen LogP contribution is -2.54. The summed E-state index contributed by atoms with van der Waals surface area (Å²) in [5, 5.41) is 3.73. The largest absolute Gasteiger partial charge is 0.352 e. The fourth-order valence-electron chi connectivity index (χ4n) is 4.96. The lowest BCUT2D eigenvalue weighted by atomic mass is 10.0. The van der Waals surface area contributed by atoms with Gasteiger partial charge in [0.05, 0.1) is 10.6 Å². The quantitative estimate of drug-likeness (QED) is 0.177. The Labute approximate surface area is 275 Å². The first-order valence-corrected chi connectivity index (χ1v) is 16.8. The van der Waals surface area contributed by atoms with Crippen molar-refractivity contribution in [2.75, 3.05) is 10.8 Å². The topological polar surface area (TPSA) is 86.8 Å². The zero-order chi connectivity index (χ0) is 32.7. The zero-order valence-corrected chi connectivity index (χ0v) is 28.0. The molecule has 0 bridgehead atoms. The van der Waals surface area contributed by atoms with E-state index in [0.717, 1.165) is 15.4 Å². The van der Waals surface area contributed by atoms with E-state index >= 15 is 0 Å². The lowest BCUT2D eigenvalue weighted by molar-refractivity contribution is -0.140. The summed E-state index contributed by atoms with van der Waals surface area (Å²) in [5.41, 5.74) is 3.11. The van der Waals surface area contributed by atoms with Gasteiger partial charge in [0, 0.05) is 29.1 Å². The highest BCUT2D eigenvalue weighted by Gasteiger charge is 2.35. The number of carbonyl (C=O) groups excluding carboxylic acids is 2. The number of aryl methyl sites for hydroxylation is 1. The molecule has 0 aliphatic heterocycles. The number of halogens is 2. The maximum absolute atomic E-state index is 14.6. The molecule has 7 nitrogen and oxygen atoms in total. The number of hydrogen-bond acceptors (Lipinski definition) is 4. The molecule has 0 aromatic heterocycles. The molecule has 10 heteroatoms. The summed E-state index contributed by atoms with van der Waals surface area (Å²) in [6.07, 6.45) is 0.205. The van der Waals surface area contributed by atoms with E-state index in [0.29, 0.717) is 21.2 Å². The third-order valence-corrected chi connectivity index (χ3v) is 9.95. The fourth-order valence-corrected chi connectivity index (χ4v) is 6.80. The van der Waals surface area contributed by atoms with Crippen molar-refractivity contribution in [2.45, 2.75) is 57.6 Å². The Bertz CT molecular complexity index is 1750. The summed E-state index contributed by atoms with van der Waals surface area (Å²) in [4.78, 5) is 29.8. The van der Waals surface area contributed by atoms with Gasteiger partial charge in [0.15, 0.2) is 0 Å². The van der Waals surface area contributed by atoms with Crippen LogP contribution >= 0.6 is 23.2 Å². The lowest BCUT2D eigenvalue weighted by Gasteiger charge is -2.34. The third kappa shape index (κ3) is 8.45. The van der Waals surface area contributed by atoms with Crippen LogP contribution in [0.5, 0.6) is 0 Å². The minimum Gasteiger partial charge on any atom is -0.352 e. The molecule has 0 spiro atoms. The van der Waals surface area contributed by atoms with E-state index in [-0.39, 0.29) is 35.5 Å². The highest BCUT2D eigenvalue weighted by atomic mass is 35.5. The molecule has 4 aromatic carbocycles. The Balaban J connectivity index is 1.85. The minimum atomic E-state index is -4.24. The summed E-state index contributed by atoms with van der Waals surface area (Å²) in [6.45, 7) is 6.65. The van der Waals surface area contributed by atoms with Crippen LogP contribution in [0.25, 0.3) is 0 Å². The Kier molecular flexibility index (Phi) is 11.3. The van der Waals surface area contributed by atoms with Gasteiger partial charge in [0.25, 0.3) is 10.0 Å². The van der Waals surface area contributed by atoms with Gasteiger partial charge in [0.1, 0.15) is 12.6 Å². The number of amides is 2. The van der Waals surface area contributed by atoms with E-state index in [1.807, 2.05) is 51.1 Å². The summed E-state index contributed by atoms with van der Waals surface area (Å²) < 4.78 is 29.5. The van der Waals surface area contributed by atoms with E-state index in [1.165, 1.54) is 17.0 Å². The number of benzene rings is 4. The number of carbonyl (C=O) groups is 2. The number of nitrogens with one attached hydrogen (secondary N) is 1. The second-order valence-electron chi connectivity index (χ2n) is 11.2. The second kappa shape index (κ2) is 15.0. The number of sulfonamides is 1. The molecule has 0 fully saturated rings. The van der Waals surface area contributed by atoms with Crippen molar-refractivity contribution in [3.05, 3.63) is 129 Å². The maximum atomic E-state index is 14.6. The molecule has 45 heavy (non-hydrogen) atoms. The molecule has 0 radical (unpaired) electrons. The summed E-state index contributed by atoms with van der Waals surface area (Å²) in [7, 11) is -4.24. The van der Waals surface area contributed by atoms with Crippen LogP contribution in [0.1, 0.15) is 36.1 Å². The van der Waals surface area contributed by atoms with Gasteiger partial charge in [-0.2, -0.15) is 0 Å². The molecule has 4 rings (SSSR count). The fraction of sp³-hybridized carbons (Fsp3) is 0.257. The summed E-state index contributed by atoms with van der Waals surface area (Å²) in [6, 6.07) is 26.6. The van der Waals surface area contributed by atoms with E-state index < -0.39 is 28.5 Å². The van der Waals surface area contributed by atoms with E-state index in [2.05, 4.69) is 5.32 Å². The number of rotatable bonds is 12. The van der Waals surface area contributed by atoms with Crippen LogP contribution in [0.15, 0.2) is 102 Å². The maximum Gasteiger partial charge on any atom is 0.264 e. The Hall–Kier alpha value is -3.85. The van der Waals surface area contributed by atoms with Gasteiger partial charge in [-0.05, 0) is 74.7 Å². The van der Waals surface area contributed by atoms with Crippen LogP contribution in [0.3, 0.4) is 0 Å². The molecule has 4 aromatic rings. The Morgan fingerprint density at radius 1 is 0.800 bits per heavy atom. The normalized spacial score (nSPS) is 12.1. The van der Waals surface area contributed by atoms with E-state index in [4.69, 9.17) is 23.2 Å². The van der Waals surface area contributed by atoms with E-state index in [1.54, 1.807) is 61.5 Å². The SMILES string of the molecule is Cc1ccc(S(=O)(=O)N(CC(=O)N(Cc2ccccc2Cl)[C@H](Cc2ccccc2)C(=O)NC(C)C)c2cccc(Cl)c2C)cc1. The van der Waals surface area contributed by atoms with Crippen LogP contribution in [-0.4, -0.2) is 43.8 Å². The standard InChI is InChI=1S/C35H37Cl2N3O4S/c1-24(2)38-35(42)33(21-27-11-6-5-7-12-27)39(22-28-13-8-9-14-31(28)37)34(41)23-40(32-16-10-15-30(36)26(32)4)45(43,44)29-19-17-25(3)18-20-29/h5-20,24,33H,21-23H2,1-4H3,(H,38,42)/t33-/m1/s1. The summed E-state index contributed by atoms with van der Waals surface area (Å²) >= 11 is 13.0. The summed E-state index contributed by atoms with van der Waals surface area (Å²) in [5.74, 6) is -0.939. The molecular formula is C35H37Cl2N3O4S. The van der Waals surface area contributed by atoms with Crippen molar-refractivity contribution >= 4 is 50.7 Å². The number of nitrogens with zero attached hydrogens (tertiary/aromatic N) is 2. The van der Waals surface area contributed by atoms with Gasteiger partial charge in [-0.3, -0.25) is 13.9 Å². The first-order chi connectivity index (χ1) is 21.4. The van der Waals surface area contributed by atoms with Crippen LogP contribution in [0.4, 0.5) is 5.69 Å². The third-order valence-electron chi connectivity index (χ3n) is 7.40. The van der Waals surface area contributed by atoms with Crippen LogP contribution in [0, 0.1) is 13.8 Å². The Morgan fingerprint density at radius 2 is 1.42 bits per heavy atom. The van der Waals surface area contributed by atoms with Crippen molar-refractivity contribution in [1.82, 2.24) is 10.2 Å². The van der Waals surface area contributed by atoms with Gasteiger partial charge >= 0.3 is 0 Å². The Morgan fingerprint density at radius 3 is 2.07 bits per heavy atom. The molecule has 0 aliphatic carbocycles. The number of hydrogen-bond donors (Lipinski definition) is 1. The molecule has 236 valence electrons. The average Bonchev–Trinajstić information content (AvgIpc) is 3.00. The van der Waals surface area contributed by atoms with Gasteiger partial charge in [-0.15, -0.1) is 0 Å². The molecule has 0 heterocycles. The van der Waals surface area contributed by atoms with Gasteiger partial charge in [0.2, 0.25) is 11.8 Å². The van der Waals surface area contributed by atoms with E-state index in [9.17, 15) is 18.0 Å². The van der Waals surface area contributed by atoms with Crippen molar-refractivity contribution in [3.8, 4) is 0 Å². The molecule has 1 atom stereocenters.